The number of carbonyl (C=O) groups excluding carboxylic acids is 2. The molecule has 0 aromatic heterocycles. The van der Waals surface area contributed by atoms with Crippen LogP contribution in [-0.2, 0) is 6.18 Å². The third-order valence-electron chi connectivity index (χ3n) is 3.17. The van der Waals surface area contributed by atoms with E-state index in [9.17, 15) is 28.0 Å². The summed E-state index contributed by atoms with van der Waals surface area (Å²) in [5.41, 5.74) is -2.44. The molecule has 0 bridgehead atoms. The van der Waals surface area contributed by atoms with E-state index >= 15 is 0 Å². The van der Waals surface area contributed by atoms with Crippen LogP contribution in [0.5, 0.6) is 0 Å². The minimum atomic E-state index is -4.80. The van der Waals surface area contributed by atoms with Crippen LogP contribution in [0.25, 0.3) is 10.8 Å². The van der Waals surface area contributed by atoms with E-state index in [4.69, 9.17) is 0 Å². The standard InChI is InChI=1S/C13H6F3NO3/c14-13(15,16)8-5-6-3-1-2-4-7(6)9-10(8)12(19)17(20)11(9)18/h1-5,20H. The smallest absolute Gasteiger partial charge is 0.278 e. The molecule has 1 N–H and O–H groups in total. The Balaban J connectivity index is 2.51. The third-order valence-corrected chi connectivity index (χ3v) is 3.17. The average molecular weight is 281 g/mol. The topological polar surface area (TPSA) is 57.6 Å². The number of imide groups is 1. The van der Waals surface area contributed by atoms with Crippen LogP contribution in [0, 0.1) is 0 Å². The van der Waals surface area contributed by atoms with Gasteiger partial charge in [-0.25, -0.2) is 0 Å². The van der Waals surface area contributed by atoms with E-state index in [0.29, 0.717) is 0 Å². The molecule has 0 spiro atoms. The molecule has 0 saturated heterocycles. The zero-order valence-electron chi connectivity index (χ0n) is 9.73. The first-order valence-corrected chi connectivity index (χ1v) is 5.53. The number of hydroxylamine groups is 2. The van der Waals surface area contributed by atoms with Gasteiger partial charge in [0.05, 0.1) is 16.7 Å². The maximum atomic E-state index is 13.0. The van der Waals surface area contributed by atoms with Gasteiger partial charge in [-0.05, 0) is 16.8 Å². The summed E-state index contributed by atoms with van der Waals surface area (Å²) < 4.78 is 39.1. The van der Waals surface area contributed by atoms with Crippen molar-refractivity contribution in [2.24, 2.45) is 0 Å². The van der Waals surface area contributed by atoms with Crippen molar-refractivity contribution in [1.82, 2.24) is 5.06 Å². The molecule has 4 nitrogen and oxygen atoms in total. The molecule has 1 aliphatic rings. The summed E-state index contributed by atoms with van der Waals surface area (Å²) in [4.78, 5) is 23.5. The lowest BCUT2D eigenvalue weighted by molar-refractivity contribution is -0.138. The number of hydrogen-bond donors (Lipinski definition) is 1. The highest BCUT2D eigenvalue weighted by atomic mass is 19.4. The normalized spacial score (nSPS) is 15.1. The maximum absolute atomic E-state index is 13.0. The molecule has 3 rings (SSSR count). The molecule has 2 aromatic carbocycles. The third kappa shape index (κ3) is 1.53. The van der Waals surface area contributed by atoms with Crippen LogP contribution >= 0.6 is 0 Å². The second kappa shape index (κ2) is 3.80. The van der Waals surface area contributed by atoms with Crippen LogP contribution in [0.2, 0.25) is 0 Å². The highest BCUT2D eigenvalue weighted by molar-refractivity contribution is 6.26. The van der Waals surface area contributed by atoms with Gasteiger partial charge in [-0.3, -0.25) is 14.8 Å². The van der Waals surface area contributed by atoms with Crippen molar-refractivity contribution < 1.29 is 28.0 Å². The summed E-state index contributed by atoms with van der Waals surface area (Å²) in [5.74, 6) is -2.50. The predicted octanol–water partition coefficient (Wildman–Crippen LogP) is 2.84. The van der Waals surface area contributed by atoms with Crippen molar-refractivity contribution in [3.05, 3.63) is 47.0 Å². The van der Waals surface area contributed by atoms with Gasteiger partial charge in [0.2, 0.25) is 0 Å². The number of fused-ring (bicyclic) bond motifs is 3. The SMILES string of the molecule is O=C1c2c(C(F)(F)F)cc3ccccc3c2C(=O)N1O. The van der Waals surface area contributed by atoms with E-state index in [1.165, 1.54) is 24.3 Å². The monoisotopic (exact) mass is 281 g/mol. The zero-order chi connectivity index (χ0) is 14.7. The summed E-state index contributed by atoms with van der Waals surface area (Å²) >= 11 is 0. The molecule has 1 aliphatic heterocycles. The fourth-order valence-corrected chi connectivity index (χ4v) is 2.32. The molecule has 20 heavy (non-hydrogen) atoms. The van der Waals surface area contributed by atoms with Gasteiger partial charge in [-0.15, -0.1) is 5.06 Å². The van der Waals surface area contributed by atoms with Crippen LogP contribution < -0.4 is 0 Å². The predicted molar refractivity (Wildman–Crippen MR) is 61.2 cm³/mol. The number of halogens is 3. The molecule has 102 valence electrons. The quantitative estimate of drug-likeness (QED) is 0.596. The van der Waals surface area contributed by atoms with E-state index in [0.717, 1.165) is 6.07 Å². The highest BCUT2D eigenvalue weighted by Crippen LogP contribution is 2.40. The highest BCUT2D eigenvalue weighted by Gasteiger charge is 2.45. The summed E-state index contributed by atoms with van der Waals surface area (Å²) in [5, 5.41) is 9.39. The number of amides is 2. The minimum absolute atomic E-state index is 0.176. The number of benzene rings is 2. The Morgan fingerprint density at radius 1 is 1.00 bits per heavy atom. The summed E-state index contributed by atoms with van der Waals surface area (Å²) in [7, 11) is 0. The molecule has 0 radical (unpaired) electrons. The van der Waals surface area contributed by atoms with Crippen LogP contribution in [0.3, 0.4) is 0 Å². The van der Waals surface area contributed by atoms with Gasteiger partial charge >= 0.3 is 6.18 Å². The van der Waals surface area contributed by atoms with E-state index in [1.54, 1.807) is 0 Å². The Morgan fingerprint density at radius 2 is 1.60 bits per heavy atom. The van der Waals surface area contributed by atoms with Crippen LogP contribution in [0.1, 0.15) is 26.3 Å². The molecule has 2 aromatic rings. The van der Waals surface area contributed by atoms with E-state index in [-0.39, 0.29) is 15.8 Å². The number of carbonyl (C=O) groups is 2. The second-order valence-electron chi connectivity index (χ2n) is 4.32. The van der Waals surface area contributed by atoms with Gasteiger partial charge in [0, 0.05) is 0 Å². The number of alkyl halides is 3. The first kappa shape index (κ1) is 12.6. The molecule has 0 aliphatic carbocycles. The van der Waals surface area contributed by atoms with Crippen molar-refractivity contribution >= 4 is 22.6 Å². The number of rotatable bonds is 0. The lowest BCUT2D eigenvalue weighted by atomic mass is 9.95. The minimum Gasteiger partial charge on any atom is -0.278 e. The average Bonchev–Trinajstić information content (AvgIpc) is 2.62. The van der Waals surface area contributed by atoms with Gasteiger partial charge in [0.1, 0.15) is 0 Å². The molecule has 0 atom stereocenters. The lowest BCUT2D eigenvalue weighted by Crippen LogP contribution is -2.25. The Hall–Kier alpha value is -2.41. The van der Waals surface area contributed by atoms with Crippen LogP contribution in [-0.4, -0.2) is 22.1 Å². The number of hydrogen-bond acceptors (Lipinski definition) is 3. The zero-order valence-corrected chi connectivity index (χ0v) is 9.73. The second-order valence-corrected chi connectivity index (χ2v) is 4.32. The Bertz CT molecular complexity index is 767. The van der Waals surface area contributed by atoms with Gasteiger partial charge < -0.3 is 0 Å². The van der Waals surface area contributed by atoms with E-state index in [1.807, 2.05) is 0 Å². The first-order chi connectivity index (χ1) is 9.32. The van der Waals surface area contributed by atoms with Gasteiger partial charge in [0.15, 0.2) is 0 Å². The molecule has 0 saturated carbocycles. The van der Waals surface area contributed by atoms with Gasteiger partial charge in [-0.2, -0.15) is 13.2 Å². The Labute approximate surface area is 110 Å². The summed E-state index contributed by atoms with van der Waals surface area (Å²) in [6, 6.07) is 6.69. The van der Waals surface area contributed by atoms with Crippen LogP contribution in [0.15, 0.2) is 30.3 Å². The van der Waals surface area contributed by atoms with Crippen molar-refractivity contribution in [1.29, 1.82) is 0 Å². The Kier molecular flexibility index (Phi) is 2.39. The van der Waals surface area contributed by atoms with E-state index < -0.39 is 34.7 Å². The molecule has 1 heterocycles. The summed E-state index contributed by atoms with van der Waals surface area (Å²) in [6.45, 7) is 0. The molecular weight excluding hydrogens is 275 g/mol. The first-order valence-electron chi connectivity index (χ1n) is 5.53. The molecule has 2 amide bonds. The van der Waals surface area contributed by atoms with Crippen LogP contribution in [0.4, 0.5) is 13.2 Å². The van der Waals surface area contributed by atoms with Crippen molar-refractivity contribution in [2.45, 2.75) is 6.18 Å². The number of nitrogens with zero attached hydrogens (tertiary/aromatic N) is 1. The van der Waals surface area contributed by atoms with Crippen molar-refractivity contribution in [3.8, 4) is 0 Å². The van der Waals surface area contributed by atoms with Crippen molar-refractivity contribution in [2.75, 3.05) is 0 Å². The van der Waals surface area contributed by atoms with E-state index in [2.05, 4.69) is 0 Å². The molecular formula is C13H6F3NO3. The van der Waals surface area contributed by atoms with Gasteiger partial charge in [0.25, 0.3) is 11.8 Å². The summed E-state index contributed by atoms with van der Waals surface area (Å²) in [6.07, 6.45) is -4.80. The van der Waals surface area contributed by atoms with Crippen molar-refractivity contribution in [3.63, 3.8) is 0 Å². The molecule has 7 heteroatoms. The molecule has 0 unspecified atom stereocenters. The fourth-order valence-electron chi connectivity index (χ4n) is 2.32. The lowest BCUT2D eigenvalue weighted by Gasteiger charge is -2.12. The largest absolute Gasteiger partial charge is 0.417 e. The fraction of sp³-hybridized carbons (Fsp3) is 0.0769. The van der Waals surface area contributed by atoms with Gasteiger partial charge in [-0.1, -0.05) is 24.3 Å². The maximum Gasteiger partial charge on any atom is 0.417 e. The Morgan fingerprint density at radius 3 is 2.25 bits per heavy atom. The molecule has 0 fully saturated rings.